The summed E-state index contributed by atoms with van der Waals surface area (Å²) in [7, 11) is 0. The Kier molecular flexibility index (Phi) is 3.69. The van der Waals surface area contributed by atoms with E-state index in [1.807, 2.05) is 0 Å². The summed E-state index contributed by atoms with van der Waals surface area (Å²) in [6.07, 6.45) is 1.75. The fourth-order valence-corrected chi connectivity index (χ4v) is 2.63. The standard InChI is InChI=1S/C13H17ClN2O3/c1-3-13(2)11(15)7-12(13)19-8-4-5-10(16(17)18)9(14)6-8/h4-6,11-12H,3,7,15H2,1-2H3. The lowest BCUT2D eigenvalue weighted by Gasteiger charge is -2.51. The Morgan fingerprint density at radius 1 is 1.63 bits per heavy atom. The van der Waals surface area contributed by atoms with Gasteiger partial charge in [-0.05, 0) is 12.5 Å². The maximum Gasteiger partial charge on any atom is 0.288 e. The first-order valence-electron chi connectivity index (χ1n) is 6.24. The van der Waals surface area contributed by atoms with E-state index in [4.69, 9.17) is 22.1 Å². The molecule has 0 heterocycles. The Balaban J connectivity index is 2.13. The molecule has 1 fully saturated rings. The maximum absolute atomic E-state index is 10.7. The number of halogens is 1. The van der Waals surface area contributed by atoms with Gasteiger partial charge in [-0.1, -0.05) is 25.4 Å². The third kappa shape index (κ3) is 2.40. The van der Waals surface area contributed by atoms with E-state index in [0.717, 1.165) is 12.8 Å². The van der Waals surface area contributed by atoms with Crippen molar-refractivity contribution in [1.82, 2.24) is 0 Å². The van der Waals surface area contributed by atoms with Gasteiger partial charge in [0.2, 0.25) is 0 Å². The Bertz CT molecular complexity index is 509. The number of benzene rings is 1. The zero-order valence-electron chi connectivity index (χ0n) is 10.9. The summed E-state index contributed by atoms with van der Waals surface area (Å²) >= 11 is 5.86. The van der Waals surface area contributed by atoms with Crippen LogP contribution in [0.3, 0.4) is 0 Å². The van der Waals surface area contributed by atoms with E-state index in [-0.39, 0.29) is 28.3 Å². The minimum Gasteiger partial charge on any atom is -0.490 e. The number of nitrogens with zero attached hydrogens (tertiary/aromatic N) is 1. The van der Waals surface area contributed by atoms with Crippen LogP contribution in [0, 0.1) is 15.5 Å². The molecule has 1 saturated carbocycles. The summed E-state index contributed by atoms with van der Waals surface area (Å²) in [5, 5.41) is 10.8. The van der Waals surface area contributed by atoms with Crippen LogP contribution in [0.1, 0.15) is 26.7 Å². The molecule has 6 heteroatoms. The predicted molar refractivity (Wildman–Crippen MR) is 73.5 cm³/mol. The monoisotopic (exact) mass is 284 g/mol. The molecule has 5 nitrogen and oxygen atoms in total. The molecule has 0 aliphatic heterocycles. The van der Waals surface area contributed by atoms with Crippen LogP contribution in [0.15, 0.2) is 18.2 Å². The summed E-state index contributed by atoms with van der Waals surface area (Å²) in [5.41, 5.74) is 5.85. The molecule has 2 rings (SSSR count). The quantitative estimate of drug-likeness (QED) is 0.680. The summed E-state index contributed by atoms with van der Waals surface area (Å²) in [4.78, 5) is 10.2. The maximum atomic E-state index is 10.7. The van der Waals surface area contributed by atoms with Gasteiger partial charge in [-0.25, -0.2) is 0 Å². The Morgan fingerprint density at radius 3 is 2.79 bits per heavy atom. The molecular formula is C13H17ClN2O3. The molecule has 1 aromatic rings. The van der Waals surface area contributed by atoms with E-state index in [9.17, 15) is 10.1 Å². The Morgan fingerprint density at radius 2 is 2.32 bits per heavy atom. The molecular weight excluding hydrogens is 268 g/mol. The number of hydrogen-bond acceptors (Lipinski definition) is 4. The van der Waals surface area contributed by atoms with Crippen molar-refractivity contribution in [1.29, 1.82) is 0 Å². The van der Waals surface area contributed by atoms with Gasteiger partial charge in [-0.2, -0.15) is 0 Å². The second kappa shape index (κ2) is 4.98. The third-order valence-electron chi connectivity index (χ3n) is 4.21. The van der Waals surface area contributed by atoms with Crippen LogP contribution in [0.5, 0.6) is 5.75 Å². The molecule has 0 bridgehead atoms. The first kappa shape index (κ1) is 14.1. The largest absolute Gasteiger partial charge is 0.490 e. The lowest BCUT2D eigenvalue weighted by atomic mass is 9.62. The molecule has 3 unspecified atom stereocenters. The van der Waals surface area contributed by atoms with Gasteiger partial charge in [0.15, 0.2) is 0 Å². The minimum absolute atomic E-state index is 0.0324. The first-order chi connectivity index (χ1) is 8.88. The summed E-state index contributed by atoms with van der Waals surface area (Å²) < 4.78 is 5.86. The molecule has 0 aromatic heterocycles. The van der Waals surface area contributed by atoms with Gasteiger partial charge in [0.05, 0.1) is 4.92 Å². The molecule has 2 N–H and O–H groups in total. The van der Waals surface area contributed by atoms with Gasteiger partial charge in [-0.15, -0.1) is 0 Å². The average molecular weight is 285 g/mol. The highest BCUT2D eigenvalue weighted by atomic mass is 35.5. The molecule has 19 heavy (non-hydrogen) atoms. The van der Waals surface area contributed by atoms with E-state index >= 15 is 0 Å². The number of ether oxygens (including phenoxy) is 1. The van der Waals surface area contributed by atoms with Crippen LogP contribution in [0.25, 0.3) is 0 Å². The number of hydrogen-bond donors (Lipinski definition) is 1. The van der Waals surface area contributed by atoms with Crippen molar-refractivity contribution in [2.45, 2.75) is 38.8 Å². The Hall–Kier alpha value is -1.33. The molecule has 0 saturated heterocycles. The lowest BCUT2D eigenvalue weighted by Crippen LogP contribution is -2.61. The SMILES string of the molecule is CCC1(C)C(N)CC1Oc1ccc([N+](=O)[O-])c(Cl)c1. The smallest absolute Gasteiger partial charge is 0.288 e. The zero-order valence-corrected chi connectivity index (χ0v) is 11.7. The molecule has 0 radical (unpaired) electrons. The second-order valence-electron chi connectivity index (χ2n) is 5.18. The summed E-state index contributed by atoms with van der Waals surface area (Å²) in [6.45, 7) is 4.18. The van der Waals surface area contributed by atoms with Gasteiger partial charge >= 0.3 is 0 Å². The fraction of sp³-hybridized carbons (Fsp3) is 0.538. The van der Waals surface area contributed by atoms with Crippen LogP contribution in [0.2, 0.25) is 5.02 Å². The number of nitrogens with two attached hydrogens (primary N) is 1. The van der Waals surface area contributed by atoms with Crippen molar-refractivity contribution in [3.8, 4) is 5.75 Å². The summed E-state index contributed by atoms with van der Waals surface area (Å²) in [5.74, 6) is 0.548. The minimum atomic E-state index is -0.512. The normalized spacial score (nSPS) is 29.7. The van der Waals surface area contributed by atoms with Crippen LogP contribution < -0.4 is 10.5 Å². The van der Waals surface area contributed by atoms with Gasteiger partial charge in [-0.3, -0.25) is 10.1 Å². The van der Waals surface area contributed by atoms with Gasteiger partial charge < -0.3 is 10.5 Å². The van der Waals surface area contributed by atoms with Crippen molar-refractivity contribution in [2.75, 3.05) is 0 Å². The Labute approximate surface area is 116 Å². The van der Waals surface area contributed by atoms with E-state index in [1.54, 1.807) is 6.07 Å². The molecule has 1 aromatic carbocycles. The molecule has 3 atom stereocenters. The number of nitro groups is 1. The molecule has 1 aliphatic rings. The number of nitro benzene ring substituents is 1. The van der Waals surface area contributed by atoms with E-state index in [1.165, 1.54) is 12.1 Å². The summed E-state index contributed by atoms with van der Waals surface area (Å²) in [6, 6.07) is 4.55. The third-order valence-corrected chi connectivity index (χ3v) is 4.51. The lowest BCUT2D eigenvalue weighted by molar-refractivity contribution is -0.384. The van der Waals surface area contributed by atoms with E-state index < -0.39 is 4.92 Å². The highest BCUT2D eigenvalue weighted by Gasteiger charge is 2.50. The van der Waals surface area contributed by atoms with Crippen LogP contribution >= 0.6 is 11.6 Å². The van der Waals surface area contributed by atoms with Crippen LogP contribution in [0.4, 0.5) is 5.69 Å². The second-order valence-corrected chi connectivity index (χ2v) is 5.59. The van der Waals surface area contributed by atoms with Gasteiger partial charge in [0.1, 0.15) is 16.9 Å². The predicted octanol–water partition coefficient (Wildman–Crippen LogP) is 3.14. The molecule has 0 amide bonds. The van der Waals surface area contributed by atoms with Crippen molar-refractivity contribution in [2.24, 2.45) is 11.1 Å². The number of rotatable bonds is 4. The fourth-order valence-electron chi connectivity index (χ4n) is 2.39. The highest BCUT2D eigenvalue weighted by molar-refractivity contribution is 6.32. The first-order valence-corrected chi connectivity index (χ1v) is 6.62. The topological polar surface area (TPSA) is 78.4 Å². The van der Waals surface area contributed by atoms with Crippen LogP contribution in [-0.4, -0.2) is 17.1 Å². The van der Waals surface area contributed by atoms with Crippen LogP contribution in [-0.2, 0) is 0 Å². The van der Waals surface area contributed by atoms with Gasteiger partial charge in [0.25, 0.3) is 5.69 Å². The van der Waals surface area contributed by atoms with E-state index in [2.05, 4.69) is 13.8 Å². The highest BCUT2D eigenvalue weighted by Crippen LogP contribution is 2.45. The van der Waals surface area contributed by atoms with E-state index in [0.29, 0.717) is 5.75 Å². The average Bonchev–Trinajstić information content (AvgIpc) is 2.37. The van der Waals surface area contributed by atoms with Crippen molar-refractivity contribution < 1.29 is 9.66 Å². The van der Waals surface area contributed by atoms with Crippen molar-refractivity contribution in [3.05, 3.63) is 33.3 Å². The van der Waals surface area contributed by atoms with Gasteiger partial charge in [0, 0.05) is 30.0 Å². The van der Waals surface area contributed by atoms with Crippen molar-refractivity contribution in [3.63, 3.8) is 0 Å². The molecule has 0 spiro atoms. The molecule has 1 aliphatic carbocycles. The zero-order chi connectivity index (χ0) is 14.2. The van der Waals surface area contributed by atoms with Crippen molar-refractivity contribution >= 4 is 17.3 Å². The molecule has 104 valence electrons.